The van der Waals surface area contributed by atoms with Crippen molar-refractivity contribution in [2.45, 2.75) is 32.0 Å². The molecule has 3 rings (SSSR count). The standard InChI is InChI=1S/C21H27NO4/c1-23-18-10-8-16(9-11-18)13-22-14-17-5-3-7-20(24-2)21(17)26-15-19-6-4-12-25-19/h3,5,7-11,19,22H,4,6,12-15H2,1-2H3. The first kappa shape index (κ1) is 18.5. The molecule has 2 aromatic carbocycles. The van der Waals surface area contributed by atoms with E-state index in [2.05, 4.69) is 23.5 Å². The zero-order chi connectivity index (χ0) is 18.2. The zero-order valence-corrected chi connectivity index (χ0v) is 15.5. The molecule has 1 N–H and O–H groups in total. The van der Waals surface area contributed by atoms with Gasteiger partial charge in [-0.25, -0.2) is 0 Å². The van der Waals surface area contributed by atoms with E-state index in [-0.39, 0.29) is 6.10 Å². The Morgan fingerprint density at radius 2 is 1.88 bits per heavy atom. The minimum atomic E-state index is 0.181. The van der Waals surface area contributed by atoms with E-state index in [1.165, 1.54) is 5.56 Å². The molecule has 26 heavy (non-hydrogen) atoms. The molecule has 5 nitrogen and oxygen atoms in total. The van der Waals surface area contributed by atoms with Gasteiger partial charge in [0, 0.05) is 25.3 Å². The number of ether oxygens (including phenoxy) is 4. The summed E-state index contributed by atoms with van der Waals surface area (Å²) in [5.74, 6) is 2.42. The predicted octanol–water partition coefficient (Wildman–Crippen LogP) is 3.55. The Kier molecular flexibility index (Phi) is 6.75. The molecule has 140 valence electrons. The van der Waals surface area contributed by atoms with Crippen LogP contribution in [-0.4, -0.2) is 33.5 Å². The molecule has 1 unspecified atom stereocenters. The van der Waals surface area contributed by atoms with Crippen LogP contribution in [0.5, 0.6) is 17.2 Å². The van der Waals surface area contributed by atoms with Crippen LogP contribution >= 0.6 is 0 Å². The van der Waals surface area contributed by atoms with Crippen LogP contribution in [0.3, 0.4) is 0 Å². The highest BCUT2D eigenvalue weighted by Gasteiger charge is 2.18. The van der Waals surface area contributed by atoms with Gasteiger partial charge in [0.25, 0.3) is 0 Å². The lowest BCUT2D eigenvalue weighted by molar-refractivity contribution is 0.0666. The molecule has 0 radical (unpaired) electrons. The normalized spacial score (nSPS) is 16.5. The van der Waals surface area contributed by atoms with E-state index >= 15 is 0 Å². The summed E-state index contributed by atoms with van der Waals surface area (Å²) in [4.78, 5) is 0. The number of hydrogen-bond acceptors (Lipinski definition) is 5. The smallest absolute Gasteiger partial charge is 0.165 e. The largest absolute Gasteiger partial charge is 0.497 e. The quantitative estimate of drug-likeness (QED) is 0.744. The first-order valence-electron chi connectivity index (χ1n) is 9.04. The summed E-state index contributed by atoms with van der Waals surface area (Å²) in [6, 6.07) is 14.0. The van der Waals surface area contributed by atoms with Gasteiger partial charge >= 0.3 is 0 Å². The second-order valence-corrected chi connectivity index (χ2v) is 6.35. The van der Waals surface area contributed by atoms with Gasteiger partial charge in [0.1, 0.15) is 12.4 Å². The Bertz CT molecular complexity index is 681. The van der Waals surface area contributed by atoms with Crippen molar-refractivity contribution >= 4 is 0 Å². The molecule has 1 heterocycles. The Labute approximate surface area is 155 Å². The van der Waals surface area contributed by atoms with Crippen molar-refractivity contribution in [3.05, 3.63) is 53.6 Å². The van der Waals surface area contributed by atoms with Crippen molar-refractivity contribution in [3.8, 4) is 17.2 Å². The number of nitrogens with one attached hydrogen (secondary N) is 1. The van der Waals surface area contributed by atoms with E-state index in [0.717, 1.165) is 48.8 Å². The minimum absolute atomic E-state index is 0.181. The van der Waals surface area contributed by atoms with E-state index in [1.807, 2.05) is 24.3 Å². The third-order valence-electron chi connectivity index (χ3n) is 4.52. The molecule has 1 atom stereocenters. The van der Waals surface area contributed by atoms with Crippen LogP contribution in [0.4, 0.5) is 0 Å². The average Bonchev–Trinajstić information content (AvgIpc) is 3.21. The van der Waals surface area contributed by atoms with Gasteiger partial charge in [-0.2, -0.15) is 0 Å². The van der Waals surface area contributed by atoms with Gasteiger partial charge in [-0.1, -0.05) is 24.3 Å². The second kappa shape index (κ2) is 9.46. The fourth-order valence-electron chi connectivity index (χ4n) is 3.06. The van der Waals surface area contributed by atoms with Gasteiger partial charge in [0.05, 0.1) is 20.3 Å². The van der Waals surface area contributed by atoms with Crippen LogP contribution in [0.2, 0.25) is 0 Å². The molecule has 2 aromatic rings. The average molecular weight is 357 g/mol. The molecule has 0 saturated carbocycles. The highest BCUT2D eigenvalue weighted by molar-refractivity contribution is 5.46. The van der Waals surface area contributed by atoms with Crippen molar-refractivity contribution < 1.29 is 18.9 Å². The molecule has 0 amide bonds. The summed E-state index contributed by atoms with van der Waals surface area (Å²) in [7, 11) is 3.34. The van der Waals surface area contributed by atoms with Crippen LogP contribution in [0.1, 0.15) is 24.0 Å². The van der Waals surface area contributed by atoms with E-state index in [0.29, 0.717) is 13.2 Å². The maximum Gasteiger partial charge on any atom is 0.165 e. The van der Waals surface area contributed by atoms with Crippen LogP contribution in [0.15, 0.2) is 42.5 Å². The van der Waals surface area contributed by atoms with E-state index in [9.17, 15) is 0 Å². The van der Waals surface area contributed by atoms with Crippen molar-refractivity contribution in [2.75, 3.05) is 27.4 Å². The minimum Gasteiger partial charge on any atom is -0.497 e. The van der Waals surface area contributed by atoms with Gasteiger partial charge in [-0.05, 0) is 36.6 Å². The Morgan fingerprint density at radius 1 is 1.04 bits per heavy atom. The van der Waals surface area contributed by atoms with Gasteiger partial charge in [-0.3, -0.25) is 0 Å². The molecule has 1 aliphatic heterocycles. The highest BCUT2D eigenvalue weighted by Crippen LogP contribution is 2.32. The number of benzene rings is 2. The molecule has 0 aliphatic carbocycles. The molecular weight excluding hydrogens is 330 g/mol. The summed E-state index contributed by atoms with van der Waals surface area (Å²) in [5, 5.41) is 3.47. The fourth-order valence-corrected chi connectivity index (χ4v) is 3.06. The molecule has 0 aromatic heterocycles. The molecule has 1 saturated heterocycles. The maximum absolute atomic E-state index is 6.07. The number of para-hydroxylation sites is 1. The zero-order valence-electron chi connectivity index (χ0n) is 15.5. The summed E-state index contributed by atoms with van der Waals surface area (Å²) < 4.78 is 22.4. The summed E-state index contributed by atoms with van der Waals surface area (Å²) in [5.41, 5.74) is 2.28. The van der Waals surface area contributed by atoms with Crippen LogP contribution in [0.25, 0.3) is 0 Å². The van der Waals surface area contributed by atoms with Gasteiger partial charge in [-0.15, -0.1) is 0 Å². The SMILES string of the molecule is COc1ccc(CNCc2cccc(OC)c2OCC2CCCO2)cc1. The van der Waals surface area contributed by atoms with Crippen molar-refractivity contribution in [1.29, 1.82) is 0 Å². The lowest BCUT2D eigenvalue weighted by atomic mass is 10.1. The van der Waals surface area contributed by atoms with Crippen molar-refractivity contribution in [1.82, 2.24) is 5.32 Å². The topological polar surface area (TPSA) is 49.0 Å². The number of rotatable bonds is 9. The Balaban J connectivity index is 1.60. The molecular formula is C21H27NO4. The lowest BCUT2D eigenvalue weighted by Crippen LogP contribution is -2.19. The molecule has 1 fully saturated rings. The molecule has 0 spiro atoms. The monoisotopic (exact) mass is 357 g/mol. The number of methoxy groups -OCH3 is 2. The summed E-state index contributed by atoms with van der Waals surface area (Å²) in [6.45, 7) is 2.86. The lowest BCUT2D eigenvalue weighted by Gasteiger charge is -2.17. The molecule has 1 aliphatic rings. The summed E-state index contributed by atoms with van der Waals surface area (Å²) in [6.07, 6.45) is 2.34. The van der Waals surface area contributed by atoms with E-state index in [1.54, 1.807) is 14.2 Å². The predicted molar refractivity (Wildman–Crippen MR) is 101 cm³/mol. The summed E-state index contributed by atoms with van der Waals surface area (Å²) >= 11 is 0. The highest BCUT2D eigenvalue weighted by atomic mass is 16.5. The van der Waals surface area contributed by atoms with Crippen molar-refractivity contribution in [2.24, 2.45) is 0 Å². The van der Waals surface area contributed by atoms with Gasteiger partial charge < -0.3 is 24.3 Å². The van der Waals surface area contributed by atoms with Crippen LogP contribution in [-0.2, 0) is 17.8 Å². The number of hydrogen-bond donors (Lipinski definition) is 1. The van der Waals surface area contributed by atoms with Crippen LogP contribution < -0.4 is 19.5 Å². The fraction of sp³-hybridized carbons (Fsp3) is 0.429. The van der Waals surface area contributed by atoms with Crippen molar-refractivity contribution in [3.63, 3.8) is 0 Å². The molecule has 0 bridgehead atoms. The second-order valence-electron chi connectivity index (χ2n) is 6.35. The first-order valence-corrected chi connectivity index (χ1v) is 9.04. The van der Waals surface area contributed by atoms with E-state index in [4.69, 9.17) is 18.9 Å². The van der Waals surface area contributed by atoms with E-state index < -0.39 is 0 Å². The molecule has 5 heteroatoms. The third kappa shape index (κ3) is 4.90. The maximum atomic E-state index is 6.07. The Morgan fingerprint density at radius 3 is 2.58 bits per heavy atom. The van der Waals surface area contributed by atoms with Gasteiger partial charge in [0.2, 0.25) is 0 Å². The first-order chi connectivity index (χ1) is 12.8. The third-order valence-corrected chi connectivity index (χ3v) is 4.52. The Hall–Kier alpha value is -2.24. The van der Waals surface area contributed by atoms with Gasteiger partial charge in [0.15, 0.2) is 11.5 Å². The van der Waals surface area contributed by atoms with Crippen LogP contribution in [0, 0.1) is 0 Å².